The molecule has 0 amide bonds. The van der Waals surface area contributed by atoms with Gasteiger partial charge in [-0.25, -0.2) is 12.8 Å². The van der Waals surface area contributed by atoms with Gasteiger partial charge in [0.25, 0.3) is 0 Å². The molecule has 0 unspecified atom stereocenters. The van der Waals surface area contributed by atoms with Gasteiger partial charge in [0.1, 0.15) is 5.82 Å². The Morgan fingerprint density at radius 1 is 1.11 bits per heavy atom. The molecule has 100 valence electrons. The van der Waals surface area contributed by atoms with Crippen molar-refractivity contribution in [2.75, 3.05) is 5.73 Å². The second-order valence-electron chi connectivity index (χ2n) is 4.07. The van der Waals surface area contributed by atoms with Gasteiger partial charge in [0.2, 0.25) is 0 Å². The summed E-state index contributed by atoms with van der Waals surface area (Å²) < 4.78 is 38.4. The molecule has 0 saturated carbocycles. The van der Waals surface area contributed by atoms with Crippen LogP contribution in [0.2, 0.25) is 0 Å². The van der Waals surface area contributed by atoms with E-state index >= 15 is 0 Å². The number of benzene rings is 2. The standard InChI is InChI=1S/C13H11BrFNO2S/c14-10-3-1-9(2-4-10)8-19(17,18)11-5-6-13(16)12(15)7-11/h1-7H,8,16H2. The van der Waals surface area contributed by atoms with Crippen molar-refractivity contribution in [3.8, 4) is 0 Å². The van der Waals surface area contributed by atoms with Crippen molar-refractivity contribution >= 4 is 31.5 Å². The van der Waals surface area contributed by atoms with E-state index in [1.165, 1.54) is 12.1 Å². The molecule has 0 saturated heterocycles. The molecule has 2 rings (SSSR count). The zero-order chi connectivity index (χ0) is 14.0. The van der Waals surface area contributed by atoms with Crippen LogP contribution in [0.1, 0.15) is 5.56 Å². The Hall–Kier alpha value is -1.40. The molecule has 2 aromatic rings. The van der Waals surface area contributed by atoms with Gasteiger partial charge in [-0.1, -0.05) is 28.1 Å². The van der Waals surface area contributed by atoms with E-state index in [2.05, 4.69) is 15.9 Å². The summed E-state index contributed by atoms with van der Waals surface area (Å²) in [6.45, 7) is 0. The maximum Gasteiger partial charge on any atom is 0.182 e. The number of sulfone groups is 1. The molecule has 0 spiro atoms. The predicted octanol–water partition coefficient (Wildman–Crippen LogP) is 3.14. The number of nitrogens with two attached hydrogens (primary N) is 1. The topological polar surface area (TPSA) is 60.2 Å². The lowest BCUT2D eigenvalue weighted by molar-refractivity contribution is 0.591. The lowest BCUT2D eigenvalue weighted by atomic mass is 10.2. The van der Waals surface area contributed by atoms with Crippen LogP contribution in [-0.2, 0) is 15.6 Å². The zero-order valence-electron chi connectivity index (χ0n) is 9.81. The average molecular weight is 344 g/mol. The van der Waals surface area contributed by atoms with Crippen LogP contribution in [0.3, 0.4) is 0 Å². The normalized spacial score (nSPS) is 11.5. The van der Waals surface area contributed by atoms with E-state index in [1.54, 1.807) is 24.3 Å². The van der Waals surface area contributed by atoms with Crippen LogP contribution in [-0.4, -0.2) is 8.42 Å². The second-order valence-corrected chi connectivity index (χ2v) is 6.97. The van der Waals surface area contributed by atoms with E-state index in [4.69, 9.17) is 5.73 Å². The molecule has 0 aliphatic carbocycles. The maximum absolute atomic E-state index is 13.3. The molecule has 2 N–H and O–H groups in total. The Morgan fingerprint density at radius 2 is 1.74 bits per heavy atom. The summed E-state index contributed by atoms with van der Waals surface area (Å²) in [5.74, 6) is -0.902. The van der Waals surface area contributed by atoms with E-state index in [-0.39, 0.29) is 16.3 Å². The fraction of sp³-hybridized carbons (Fsp3) is 0.0769. The van der Waals surface area contributed by atoms with E-state index in [9.17, 15) is 12.8 Å². The number of nitrogen functional groups attached to an aromatic ring is 1. The monoisotopic (exact) mass is 343 g/mol. The summed E-state index contributed by atoms with van der Waals surface area (Å²) >= 11 is 3.27. The molecule has 0 radical (unpaired) electrons. The molecule has 0 fully saturated rings. The smallest absolute Gasteiger partial charge is 0.182 e. The van der Waals surface area contributed by atoms with Gasteiger partial charge in [-0.3, -0.25) is 0 Å². The fourth-order valence-corrected chi connectivity index (χ4v) is 3.21. The van der Waals surface area contributed by atoms with Gasteiger partial charge < -0.3 is 5.73 Å². The Kier molecular flexibility index (Phi) is 3.91. The van der Waals surface area contributed by atoms with Gasteiger partial charge in [-0.05, 0) is 35.9 Å². The number of rotatable bonds is 3. The Bertz CT molecular complexity index is 699. The van der Waals surface area contributed by atoms with Gasteiger partial charge in [0.05, 0.1) is 16.3 Å². The van der Waals surface area contributed by atoms with Crippen LogP contribution in [0.15, 0.2) is 51.8 Å². The maximum atomic E-state index is 13.3. The van der Waals surface area contributed by atoms with Gasteiger partial charge in [0.15, 0.2) is 9.84 Å². The van der Waals surface area contributed by atoms with Crippen molar-refractivity contribution < 1.29 is 12.8 Å². The third kappa shape index (κ3) is 3.33. The van der Waals surface area contributed by atoms with Crippen LogP contribution in [0.4, 0.5) is 10.1 Å². The molecule has 0 atom stereocenters. The molecule has 6 heteroatoms. The van der Waals surface area contributed by atoms with Crippen molar-refractivity contribution in [3.05, 3.63) is 58.3 Å². The first-order valence-electron chi connectivity index (χ1n) is 5.41. The van der Waals surface area contributed by atoms with Crippen LogP contribution in [0.25, 0.3) is 0 Å². The molecule has 0 aromatic heterocycles. The summed E-state index contributed by atoms with van der Waals surface area (Å²) in [7, 11) is -3.58. The zero-order valence-corrected chi connectivity index (χ0v) is 12.2. The molecule has 3 nitrogen and oxygen atoms in total. The highest BCUT2D eigenvalue weighted by Gasteiger charge is 2.16. The summed E-state index contributed by atoms with van der Waals surface area (Å²) in [6, 6.07) is 10.4. The number of anilines is 1. The van der Waals surface area contributed by atoms with Gasteiger partial charge in [0, 0.05) is 4.47 Å². The molecule has 19 heavy (non-hydrogen) atoms. The highest BCUT2D eigenvalue weighted by molar-refractivity contribution is 9.10. The highest BCUT2D eigenvalue weighted by Crippen LogP contribution is 2.21. The fourth-order valence-electron chi connectivity index (χ4n) is 1.58. The summed E-state index contributed by atoms with van der Waals surface area (Å²) in [4.78, 5) is -0.0675. The molecule has 0 aliphatic rings. The van der Waals surface area contributed by atoms with E-state index in [0.29, 0.717) is 5.56 Å². The van der Waals surface area contributed by atoms with E-state index in [1.807, 2.05) is 0 Å². The first-order valence-corrected chi connectivity index (χ1v) is 7.85. The minimum atomic E-state index is -3.58. The van der Waals surface area contributed by atoms with Crippen molar-refractivity contribution in [2.45, 2.75) is 10.6 Å². The summed E-state index contributed by atoms with van der Waals surface area (Å²) in [6.07, 6.45) is 0. The minimum absolute atomic E-state index is 0.0670. The third-order valence-electron chi connectivity index (χ3n) is 2.60. The molecule has 0 heterocycles. The van der Waals surface area contributed by atoms with E-state index in [0.717, 1.165) is 10.5 Å². The van der Waals surface area contributed by atoms with Crippen LogP contribution in [0, 0.1) is 5.82 Å². The Balaban J connectivity index is 2.32. The first kappa shape index (κ1) is 14.0. The van der Waals surface area contributed by atoms with Crippen LogP contribution >= 0.6 is 15.9 Å². The lowest BCUT2D eigenvalue weighted by Crippen LogP contribution is -2.06. The number of halogens is 2. The molecule has 0 aliphatic heterocycles. The summed E-state index contributed by atoms with van der Waals surface area (Å²) in [5.41, 5.74) is 5.90. The quantitative estimate of drug-likeness (QED) is 0.871. The summed E-state index contributed by atoms with van der Waals surface area (Å²) in [5, 5.41) is 0. The number of hydrogen-bond acceptors (Lipinski definition) is 3. The molecule has 0 bridgehead atoms. The average Bonchev–Trinajstić information content (AvgIpc) is 2.35. The minimum Gasteiger partial charge on any atom is -0.396 e. The van der Waals surface area contributed by atoms with Gasteiger partial charge in [-0.2, -0.15) is 0 Å². The van der Waals surface area contributed by atoms with Crippen molar-refractivity contribution in [1.29, 1.82) is 0 Å². The van der Waals surface area contributed by atoms with Crippen LogP contribution in [0.5, 0.6) is 0 Å². The lowest BCUT2D eigenvalue weighted by Gasteiger charge is -2.06. The predicted molar refractivity (Wildman–Crippen MR) is 75.8 cm³/mol. The Morgan fingerprint density at radius 3 is 2.32 bits per heavy atom. The first-order chi connectivity index (χ1) is 8.88. The SMILES string of the molecule is Nc1ccc(S(=O)(=O)Cc2ccc(Br)cc2)cc1F. The highest BCUT2D eigenvalue weighted by atomic mass is 79.9. The second kappa shape index (κ2) is 5.30. The van der Waals surface area contributed by atoms with Gasteiger partial charge >= 0.3 is 0 Å². The number of hydrogen-bond donors (Lipinski definition) is 1. The molecule has 2 aromatic carbocycles. The molecular weight excluding hydrogens is 333 g/mol. The Labute approximate surface area is 119 Å². The molecular formula is C13H11BrFNO2S. The van der Waals surface area contributed by atoms with Crippen molar-refractivity contribution in [1.82, 2.24) is 0 Å². The van der Waals surface area contributed by atoms with E-state index < -0.39 is 15.7 Å². The van der Waals surface area contributed by atoms with Crippen molar-refractivity contribution in [3.63, 3.8) is 0 Å². The van der Waals surface area contributed by atoms with Gasteiger partial charge in [-0.15, -0.1) is 0 Å². The third-order valence-corrected chi connectivity index (χ3v) is 4.82. The largest absolute Gasteiger partial charge is 0.396 e. The van der Waals surface area contributed by atoms with Crippen molar-refractivity contribution in [2.24, 2.45) is 0 Å². The van der Waals surface area contributed by atoms with Crippen LogP contribution < -0.4 is 5.73 Å².